The summed E-state index contributed by atoms with van der Waals surface area (Å²) in [6.45, 7) is 0. The monoisotopic (exact) mass is 486 g/mol. The molecule has 0 atom stereocenters. The van der Waals surface area contributed by atoms with Crippen LogP contribution in [-0.4, -0.2) is 22.8 Å². The smallest absolute Gasteiger partial charge is 0.0738 e. The largest absolute Gasteiger partial charge is 0.249 e. The number of halogens is 3. The Morgan fingerprint density at radius 3 is 1.61 bits per heavy atom. The zero-order valence-corrected chi connectivity index (χ0v) is 19.2. The van der Waals surface area contributed by atoms with Gasteiger partial charge in [-0.25, -0.2) is 20.0 Å². The molecule has 1 aromatic rings. The molecule has 0 unspecified atom stereocenters. The van der Waals surface area contributed by atoms with Crippen LogP contribution in [0.15, 0.2) is 122 Å². The van der Waals surface area contributed by atoms with Crippen LogP contribution < -0.4 is 0 Å². The van der Waals surface area contributed by atoms with Crippen molar-refractivity contribution in [1.82, 2.24) is 0 Å². The summed E-state index contributed by atoms with van der Waals surface area (Å²) in [6.07, 6.45) is 21.4. The Morgan fingerprint density at radius 1 is 0.485 bits per heavy atom. The Morgan fingerprint density at radius 2 is 1.00 bits per heavy atom. The van der Waals surface area contributed by atoms with E-state index in [0.29, 0.717) is 26.3 Å². The SMILES string of the molecule is Clc1ccc(Cl)c(C2=CC3=NC2=CC2=NC(=CC4=NC(=CC5=NC(=C3)C=C5)C=C4)C=C2)c1Cl. The highest BCUT2D eigenvalue weighted by atomic mass is 35.5. The molecule has 0 radical (unpaired) electrons. The average molecular weight is 488 g/mol. The molecule has 0 saturated carbocycles. The number of rotatable bonds is 1. The zero-order chi connectivity index (χ0) is 22.5. The van der Waals surface area contributed by atoms with Crippen molar-refractivity contribution in [2.24, 2.45) is 20.0 Å². The molecule has 5 aliphatic rings. The Bertz CT molecular complexity index is 1520. The van der Waals surface area contributed by atoms with Crippen molar-refractivity contribution in [3.05, 3.63) is 122 Å². The van der Waals surface area contributed by atoms with Crippen LogP contribution in [-0.2, 0) is 0 Å². The Kier molecular flexibility index (Phi) is 4.88. The first-order valence-corrected chi connectivity index (χ1v) is 11.3. The quantitative estimate of drug-likeness (QED) is 0.381. The predicted octanol–water partition coefficient (Wildman–Crippen LogP) is 7.07. The third-order valence-electron chi connectivity index (χ3n) is 5.35. The number of allylic oxidation sites excluding steroid dienone is 12. The summed E-state index contributed by atoms with van der Waals surface area (Å²) in [5.41, 5.74) is 7.70. The van der Waals surface area contributed by atoms with E-state index in [4.69, 9.17) is 44.8 Å². The first-order chi connectivity index (χ1) is 16.0. The Hall–Kier alpha value is -3.31. The van der Waals surface area contributed by atoms with E-state index in [-0.39, 0.29) is 0 Å². The predicted molar refractivity (Wildman–Crippen MR) is 139 cm³/mol. The molecule has 5 aliphatic heterocycles. The van der Waals surface area contributed by atoms with Crippen LogP contribution >= 0.6 is 34.8 Å². The molecule has 0 aromatic heterocycles. The molecule has 1 aromatic carbocycles. The minimum Gasteiger partial charge on any atom is -0.249 e. The fourth-order valence-corrected chi connectivity index (χ4v) is 4.60. The summed E-state index contributed by atoms with van der Waals surface area (Å²) in [4.78, 5) is 18.8. The number of hydrogen-bond acceptors (Lipinski definition) is 4. The van der Waals surface area contributed by atoms with Crippen LogP contribution in [0.4, 0.5) is 0 Å². The van der Waals surface area contributed by atoms with Gasteiger partial charge in [0, 0.05) is 11.1 Å². The van der Waals surface area contributed by atoms with Gasteiger partial charge < -0.3 is 0 Å². The summed E-state index contributed by atoms with van der Waals surface area (Å²) in [7, 11) is 0. The van der Waals surface area contributed by atoms with E-state index < -0.39 is 0 Å². The lowest BCUT2D eigenvalue weighted by molar-refractivity contribution is 1.41. The van der Waals surface area contributed by atoms with Gasteiger partial charge in [-0.15, -0.1) is 0 Å². The Balaban J connectivity index is 1.54. The van der Waals surface area contributed by atoms with Crippen LogP contribution in [0.1, 0.15) is 5.56 Å². The maximum Gasteiger partial charge on any atom is 0.0738 e. The molecule has 7 heteroatoms. The number of hydrogen-bond donors (Lipinski definition) is 0. The van der Waals surface area contributed by atoms with E-state index in [0.717, 1.165) is 45.5 Å². The van der Waals surface area contributed by atoms with Crippen molar-refractivity contribution < 1.29 is 0 Å². The van der Waals surface area contributed by atoms with Gasteiger partial charge in [0.25, 0.3) is 0 Å². The highest BCUT2D eigenvalue weighted by Crippen LogP contribution is 2.41. The third-order valence-corrected chi connectivity index (χ3v) is 6.47. The molecule has 0 fully saturated rings. The molecule has 4 nitrogen and oxygen atoms in total. The van der Waals surface area contributed by atoms with Gasteiger partial charge in [-0.1, -0.05) is 34.8 Å². The standard InChI is InChI=1S/C26H13Cl3N4/c27-22-7-8-23(28)26(29)25(22)21-12-20-11-18-4-3-16(31-18)9-14-1-2-15(30-14)10-17-5-6-19(32-17)13-24(21)33-20/h1-13H. The summed E-state index contributed by atoms with van der Waals surface area (Å²) < 4.78 is 0. The number of aliphatic imine (C=N–C) groups is 4. The molecule has 5 heterocycles. The van der Waals surface area contributed by atoms with Crippen LogP contribution in [0.2, 0.25) is 15.1 Å². The van der Waals surface area contributed by atoms with E-state index in [1.807, 2.05) is 66.8 Å². The normalized spacial score (nSPS) is 20.0. The van der Waals surface area contributed by atoms with Crippen LogP contribution in [0.5, 0.6) is 0 Å². The van der Waals surface area contributed by atoms with Crippen molar-refractivity contribution in [3.8, 4) is 0 Å². The third kappa shape index (κ3) is 3.87. The highest BCUT2D eigenvalue weighted by Gasteiger charge is 2.23. The summed E-state index contributed by atoms with van der Waals surface area (Å²) in [5.74, 6) is 0. The van der Waals surface area contributed by atoms with E-state index >= 15 is 0 Å². The van der Waals surface area contributed by atoms with E-state index in [2.05, 4.69) is 9.98 Å². The number of benzene rings is 1. The molecule has 0 aliphatic carbocycles. The van der Waals surface area contributed by atoms with Gasteiger partial charge in [0.15, 0.2) is 0 Å². The second-order valence-electron chi connectivity index (χ2n) is 7.66. The summed E-state index contributed by atoms with van der Waals surface area (Å²) in [6, 6.07) is 3.41. The van der Waals surface area contributed by atoms with Crippen LogP contribution in [0.3, 0.4) is 0 Å². The molecule has 0 saturated heterocycles. The van der Waals surface area contributed by atoms with Crippen molar-refractivity contribution in [3.63, 3.8) is 0 Å². The molecular formula is C26H13Cl3N4. The lowest BCUT2D eigenvalue weighted by Crippen LogP contribution is -1.93. The second kappa shape index (κ2) is 7.92. The average Bonchev–Trinajstić information content (AvgIpc) is 3.57. The van der Waals surface area contributed by atoms with Crippen LogP contribution in [0.25, 0.3) is 5.57 Å². The molecule has 8 bridgehead atoms. The van der Waals surface area contributed by atoms with Crippen molar-refractivity contribution in [2.75, 3.05) is 0 Å². The maximum absolute atomic E-state index is 6.56. The number of fused-ring (bicyclic) bond motifs is 4. The van der Waals surface area contributed by atoms with Crippen LogP contribution in [0, 0.1) is 0 Å². The molecule has 33 heavy (non-hydrogen) atoms. The topological polar surface area (TPSA) is 49.4 Å². The van der Waals surface area contributed by atoms with Gasteiger partial charge in [0.1, 0.15) is 0 Å². The highest BCUT2D eigenvalue weighted by molar-refractivity contribution is 6.45. The van der Waals surface area contributed by atoms with E-state index in [1.54, 1.807) is 12.1 Å². The molecule has 0 spiro atoms. The lowest BCUT2D eigenvalue weighted by Gasteiger charge is -2.10. The van der Waals surface area contributed by atoms with Crippen molar-refractivity contribution >= 4 is 63.2 Å². The summed E-state index contributed by atoms with van der Waals surface area (Å²) >= 11 is 19.4. The maximum atomic E-state index is 6.56. The minimum atomic E-state index is 0.384. The minimum absolute atomic E-state index is 0.384. The zero-order valence-electron chi connectivity index (χ0n) is 16.9. The second-order valence-corrected chi connectivity index (χ2v) is 8.85. The first kappa shape index (κ1) is 20.3. The van der Waals surface area contributed by atoms with E-state index in [9.17, 15) is 0 Å². The fraction of sp³-hybridized carbons (Fsp3) is 0. The lowest BCUT2D eigenvalue weighted by atomic mass is 10.0. The molecule has 0 amide bonds. The van der Waals surface area contributed by atoms with E-state index in [1.165, 1.54) is 0 Å². The van der Waals surface area contributed by atoms with Gasteiger partial charge in [0.2, 0.25) is 0 Å². The first-order valence-electron chi connectivity index (χ1n) is 10.1. The van der Waals surface area contributed by atoms with Gasteiger partial charge in [-0.05, 0) is 79.0 Å². The Labute approximate surface area is 205 Å². The number of nitrogens with zero attached hydrogens (tertiary/aromatic N) is 4. The summed E-state index contributed by atoms with van der Waals surface area (Å²) in [5, 5.41) is 1.30. The molecule has 6 rings (SSSR count). The van der Waals surface area contributed by atoms with Gasteiger partial charge in [-0.3, -0.25) is 0 Å². The van der Waals surface area contributed by atoms with Gasteiger partial charge in [0.05, 0.1) is 60.7 Å². The van der Waals surface area contributed by atoms with Gasteiger partial charge in [-0.2, -0.15) is 0 Å². The van der Waals surface area contributed by atoms with Crippen molar-refractivity contribution in [1.29, 1.82) is 0 Å². The van der Waals surface area contributed by atoms with Gasteiger partial charge >= 0.3 is 0 Å². The fourth-order valence-electron chi connectivity index (χ4n) is 3.87. The molecule has 0 N–H and O–H groups in total. The van der Waals surface area contributed by atoms with Crippen molar-refractivity contribution in [2.45, 2.75) is 0 Å². The molecule has 158 valence electrons. The molecular weight excluding hydrogens is 475 g/mol.